The Labute approximate surface area is 94.9 Å². The molecule has 0 aliphatic heterocycles. The first-order valence-electron chi connectivity index (χ1n) is 4.40. The predicted molar refractivity (Wildman–Crippen MR) is 53.9 cm³/mol. The summed E-state index contributed by atoms with van der Waals surface area (Å²) in [7, 11) is 0. The maximum Gasteiger partial charge on any atom is 0.282 e. The van der Waals surface area contributed by atoms with Gasteiger partial charge < -0.3 is 0 Å². The van der Waals surface area contributed by atoms with Crippen LogP contribution in [0.2, 0.25) is 5.15 Å². The molecule has 2 rings (SSSR count). The lowest BCUT2D eigenvalue weighted by molar-refractivity contribution is 0.145. The lowest BCUT2D eigenvalue weighted by Gasteiger charge is -2.01. The minimum Gasteiger partial charge on any atom is -0.242 e. The van der Waals surface area contributed by atoms with Crippen molar-refractivity contribution in [3.8, 4) is 5.82 Å². The van der Waals surface area contributed by atoms with Gasteiger partial charge in [-0.15, -0.1) is 0 Å². The van der Waals surface area contributed by atoms with E-state index in [-0.39, 0.29) is 10.8 Å². The minimum absolute atomic E-state index is 0.0911. The highest BCUT2D eigenvalue weighted by Crippen LogP contribution is 2.23. The number of aryl methyl sites for hydroxylation is 1. The molecule has 0 unspecified atom stereocenters. The Morgan fingerprint density at radius 1 is 1.31 bits per heavy atom. The molecule has 0 aliphatic rings. The number of nitrogens with zero attached hydrogens (tertiary/aromatic N) is 4. The van der Waals surface area contributed by atoms with Gasteiger partial charge in [-0.1, -0.05) is 11.6 Å². The summed E-state index contributed by atoms with van der Waals surface area (Å²) < 4.78 is 25.9. The predicted octanol–water partition coefficient (Wildman–Crippen LogP) is 2.56. The molecule has 0 aliphatic carbocycles. The van der Waals surface area contributed by atoms with Crippen LogP contribution in [0.4, 0.5) is 8.78 Å². The Hall–Kier alpha value is -1.56. The summed E-state index contributed by atoms with van der Waals surface area (Å²) in [5.41, 5.74) is 0.330. The summed E-state index contributed by atoms with van der Waals surface area (Å²) in [6, 6.07) is 2.72. The quantitative estimate of drug-likeness (QED) is 0.815. The molecule has 2 aromatic heterocycles. The fraction of sp³-hybridized carbons (Fsp3) is 0.222. The number of rotatable bonds is 2. The maximum absolute atomic E-state index is 12.4. The highest BCUT2D eigenvalue weighted by molar-refractivity contribution is 6.29. The molecule has 0 atom stereocenters. The molecule has 0 N–H and O–H groups in total. The van der Waals surface area contributed by atoms with E-state index in [4.69, 9.17) is 11.6 Å². The van der Waals surface area contributed by atoms with Gasteiger partial charge >= 0.3 is 0 Å². The first-order valence-corrected chi connectivity index (χ1v) is 4.78. The summed E-state index contributed by atoms with van der Waals surface area (Å²) in [6.45, 7) is 1.76. The van der Waals surface area contributed by atoms with Gasteiger partial charge in [-0.05, 0) is 6.92 Å². The molecular formula is C9H7ClF2N4. The van der Waals surface area contributed by atoms with Crippen molar-refractivity contribution in [2.24, 2.45) is 0 Å². The fourth-order valence-electron chi connectivity index (χ4n) is 1.20. The Kier molecular flexibility index (Phi) is 2.82. The Balaban J connectivity index is 2.48. The average molecular weight is 245 g/mol. The molecule has 0 saturated heterocycles. The van der Waals surface area contributed by atoms with Gasteiger partial charge in [0.05, 0.1) is 0 Å². The van der Waals surface area contributed by atoms with Gasteiger partial charge in [0.15, 0.2) is 5.82 Å². The molecule has 0 spiro atoms. The zero-order chi connectivity index (χ0) is 11.7. The number of alkyl halides is 2. The molecule has 84 valence electrons. The van der Waals surface area contributed by atoms with Crippen LogP contribution in [0.3, 0.4) is 0 Å². The summed E-state index contributed by atoms with van der Waals surface area (Å²) >= 11 is 5.78. The molecule has 16 heavy (non-hydrogen) atoms. The minimum atomic E-state index is -2.65. The molecule has 0 radical (unpaired) electrons. The third-order valence-electron chi connectivity index (χ3n) is 1.91. The van der Waals surface area contributed by atoms with Crippen LogP contribution in [0, 0.1) is 6.92 Å². The topological polar surface area (TPSA) is 43.6 Å². The van der Waals surface area contributed by atoms with E-state index in [0.29, 0.717) is 11.5 Å². The lowest BCUT2D eigenvalue weighted by atomic mass is 10.4. The molecule has 0 bridgehead atoms. The number of hydrogen-bond acceptors (Lipinski definition) is 3. The number of aromatic nitrogens is 4. The first kappa shape index (κ1) is 10.9. The molecule has 4 nitrogen and oxygen atoms in total. The summed E-state index contributed by atoms with van der Waals surface area (Å²) in [4.78, 5) is 7.80. The van der Waals surface area contributed by atoms with Crippen LogP contribution in [0.5, 0.6) is 0 Å². The van der Waals surface area contributed by atoms with Crippen LogP contribution in [0.25, 0.3) is 5.82 Å². The third kappa shape index (κ3) is 2.01. The van der Waals surface area contributed by atoms with E-state index in [1.54, 1.807) is 13.0 Å². The summed E-state index contributed by atoms with van der Waals surface area (Å²) in [5, 5.41) is 3.76. The Morgan fingerprint density at radius 3 is 2.62 bits per heavy atom. The Bertz CT molecular complexity index is 512. The second-order valence-electron chi connectivity index (χ2n) is 3.12. The lowest BCUT2D eigenvalue weighted by Crippen LogP contribution is -2.01. The zero-order valence-corrected chi connectivity index (χ0v) is 8.99. The number of halogens is 3. The molecule has 0 aromatic carbocycles. The molecule has 0 saturated carbocycles. The van der Waals surface area contributed by atoms with Crippen LogP contribution >= 0.6 is 11.6 Å². The second kappa shape index (κ2) is 4.13. The normalized spacial score (nSPS) is 11.1. The van der Waals surface area contributed by atoms with E-state index in [1.165, 1.54) is 6.33 Å². The van der Waals surface area contributed by atoms with E-state index in [2.05, 4.69) is 15.1 Å². The van der Waals surface area contributed by atoms with Crippen LogP contribution in [-0.2, 0) is 0 Å². The summed E-state index contributed by atoms with van der Waals surface area (Å²) in [6.07, 6.45) is -1.33. The van der Waals surface area contributed by atoms with Crippen molar-refractivity contribution in [3.05, 3.63) is 35.0 Å². The van der Waals surface area contributed by atoms with Crippen molar-refractivity contribution in [1.29, 1.82) is 0 Å². The largest absolute Gasteiger partial charge is 0.282 e. The molecule has 2 heterocycles. The smallest absolute Gasteiger partial charge is 0.242 e. The van der Waals surface area contributed by atoms with Crippen molar-refractivity contribution >= 4 is 11.6 Å². The molecule has 7 heteroatoms. The van der Waals surface area contributed by atoms with E-state index in [9.17, 15) is 8.78 Å². The van der Waals surface area contributed by atoms with Crippen molar-refractivity contribution in [2.45, 2.75) is 13.3 Å². The summed E-state index contributed by atoms with van der Waals surface area (Å²) in [5.74, 6) is 0.365. The fourth-order valence-corrected chi connectivity index (χ4v) is 1.44. The van der Waals surface area contributed by atoms with Crippen LogP contribution in [0.15, 0.2) is 18.5 Å². The van der Waals surface area contributed by atoms with E-state index in [0.717, 1.165) is 10.7 Å². The van der Waals surface area contributed by atoms with Gasteiger partial charge in [0, 0.05) is 17.8 Å². The van der Waals surface area contributed by atoms with E-state index >= 15 is 0 Å². The molecule has 0 amide bonds. The Morgan fingerprint density at radius 2 is 2.06 bits per heavy atom. The molecule has 2 aromatic rings. The highest BCUT2D eigenvalue weighted by Gasteiger charge is 2.15. The van der Waals surface area contributed by atoms with Gasteiger partial charge in [-0.3, -0.25) is 0 Å². The maximum atomic E-state index is 12.4. The van der Waals surface area contributed by atoms with Crippen molar-refractivity contribution in [2.75, 3.05) is 0 Å². The average Bonchev–Trinajstić information content (AvgIpc) is 2.60. The highest BCUT2D eigenvalue weighted by atomic mass is 35.5. The SMILES string of the molecule is Cc1cc(-n2nc(C(F)F)cc2Cl)ncn1. The van der Waals surface area contributed by atoms with Gasteiger partial charge in [-0.2, -0.15) is 5.10 Å². The van der Waals surface area contributed by atoms with E-state index < -0.39 is 6.43 Å². The second-order valence-corrected chi connectivity index (χ2v) is 3.51. The van der Waals surface area contributed by atoms with Crippen LogP contribution in [-0.4, -0.2) is 19.7 Å². The monoisotopic (exact) mass is 244 g/mol. The van der Waals surface area contributed by atoms with E-state index in [1.807, 2.05) is 0 Å². The van der Waals surface area contributed by atoms with Gasteiger partial charge in [0.1, 0.15) is 17.2 Å². The third-order valence-corrected chi connectivity index (χ3v) is 2.18. The van der Waals surface area contributed by atoms with Crippen molar-refractivity contribution in [1.82, 2.24) is 19.7 Å². The van der Waals surface area contributed by atoms with Crippen LogP contribution in [0.1, 0.15) is 17.8 Å². The first-order chi connectivity index (χ1) is 7.58. The standard InChI is InChI=1S/C9H7ClF2N4/c1-5-2-8(14-4-13-5)16-7(10)3-6(15-16)9(11)12/h2-4,9H,1H3. The van der Waals surface area contributed by atoms with Gasteiger partial charge in [-0.25, -0.2) is 23.4 Å². The van der Waals surface area contributed by atoms with Crippen LogP contribution < -0.4 is 0 Å². The molecule has 0 fully saturated rings. The van der Waals surface area contributed by atoms with Gasteiger partial charge in [0.2, 0.25) is 0 Å². The van der Waals surface area contributed by atoms with Crippen molar-refractivity contribution < 1.29 is 8.78 Å². The number of hydrogen-bond donors (Lipinski definition) is 0. The molecular weight excluding hydrogens is 238 g/mol. The van der Waals surface area contributed by atoms with Gasteiger partial charge in [0.25, 0.3) is 6.43 Å². The zero-order valence-electron chi connectivity index (χ0n) is 8.23. The van der Waals surface area contributed by atoms with Crippen molar-refractivity contribution in [3.63, 3.8) is 0 Å².